The van der Waals surface area contributed by atoms with Gasteiger partial charge in [-0.1, -0.05) is 24.9 Å². The number of terminal acetylenes is 1. The summed E-state index contributed by atoms with van der Waals surface area (Å²) >= 11 is 0. The second kappa shape index (κ2) is 5.24. The van der Waals surface area contributed by atoms with E-state index < -0.39 is 5.60 Å². The van der Waals surface area contributed by atoms with Gasteiger partial charge in [0.25, 0.3) is 0 Å². The third-order valence-electron chi connectivity index (χ3n) is 8.86. The van der Waals surface area contributed by atoms with Gasteiger partial charge in [-0.25, -0.2) is 0 Å². The molecule has 0 saturated heterocycles. The third-order valence-corrected chi connectivity index (χ3v) is 8.86. The first-order valence-electron chi connectivity index (χ1n) is 9.78. The predicted octanol–water partition coefficient (Wildman–Crippen LogP) is 4.22. The van der Waals surface area contributed by atoms with Crippen LogP contribution in [0.5, 0.6) is 0 Å². The van der Waals surface area contributed by atoms with Gasteiger partial charge in [0.15, 0.2) is 0 Å². The van der Waals surface area contributed by atoms with Crippen molar-refractivity contribution in [2.45, 2.75) is 77.2 Å². The molecule has 0 bridgehead atoms. The fourth-order valence-electron chi connectivity index (χ4n) is 7.33. The Bertz CT molecular complexity index is 607. The van der Waals surface area contributed by atoms with Gasteiger partial charge in [0.2, 0.25) is 0 Å². The second-order valence-electron chi connectivity index (χ2n) is 9.58. The molecule has 0 aliphatic heterocycles. The molecule has 0 amide bonds. The van der Waals surface area contributed by atoms with Crippen LogP contribution in [0.3, 0.4) is 0 Å². The molecule has 7 atom stereocenters. The zero-order chi connectivity index (χ0) is 17.2. The van der Waals surface area contributed by atoms with Crippen molar-refractivity contribution in [1.82, 2.24) is 0 Å². The number of hydrogen-bond acceptors (Lipinski definition) is 3. The Morgan fingerprint density at radius 3 is 2.58 bits per heavy atom. The molecule has 4 aliphatic rings. The van der Waals surface area contributed by atoms with Crippen molar-refractivity contribution < 1.29 is 10.3 Å². The number of oxime groups is 1. The zero-order valence-corrected chi connectivity index (χ0v) is 15.1. The van der Waals surface area contributed by atoms with E-state index in [0.717, 1.165) is 49.7 Å². The van der Waals surface area contributed by atoms with E-state index in [-0.39, 0.29) is 5.41 Å². The Kier molecular flexibility index (Phi) is 3.59. The third kappa shape index (κ3) is 2.05. The summed E-state index contributed by atoms with van der Waals surface area (Å²) in [6.07, 6.45) is 15.2. The van der Waals surface area contributed by atoms with Crippen LogP contribution in [0.4, 0.5) is 0 Å². The molecule has 0 heterocycles. The van der Waals surface area contributed by atoms with Crippen molar-refractivity contribution in [2.24, 2.45) is 39.7 Å². The van der Waals surface area contributed by atoms with Crippen LogP contribution < -0.4 is 0 Å². The van der Waals surface area contributed by atoms with Crippen LogP contribution in [0.2, 0.25) is 0 Å². The smallest absolute Gasteiger partial charge is 0.125 e. The van der Waals surface area contributed by atoms with E-state index in [4.69, 9.17) is 6.42 Å². The number of fused-ring (bicyclic) bond motifs is 5. The summed E-state index contributed by atoms with van der Waals surface area (Å²) in [5.41, 5.74) is 0.618. The molecule has 4 saturated carbocycles. The topological polar surface area (TPSA) is 52.8 Å². The van der Waals surface area contributed by atoms with Gasteiger partial charge in [-0.2, -0.15) is 0 Å². The number of aliphatic hydroxyl groups is 1. The summed E-state index contributed by atoms with van der Waals surface area (Å²) in [7, 11) is 0. The van der Waals surface area contributed by atoms with E-state index >= 15 is 0 Å². The van der Waals surface area contributed by atoms with Crippen molar-refractivity contribution in [3.8, 4) is 12.3 Å². The lowest BCUT2D eigenvalue weighted by molar-refractivity contribution is -0.127. The molecule has 0 aromatic rings. The van der Waals surface area contributed by atoms with E-state index in [0.29, 0.717) is 17.3 Å². The van der Waals surface area contributed by atoms with Gasteiger partial charge in [0.1, 0.15) is 5.60 Å². The maximum atomic E-state index is 10.6. The standard InChI is InChI=1S/C21H31NO2/c1-4-21(23)12-11-19(2)14(13-21)5-6-15-16-7-8-18(22-24)20(16,3)10-9-17(15)19/h1,14-17,23-24H,5-13H2,2-3H3/b22-18-/t14-,15?,16?,17?,19-,20-,21-/m0/s1. The van der Waals surface area contributed by atoms with E-state index in [2.05, 4.69) is 24.9 Å². The highest BCUT2D eigenvalue weighted by Crippen LogP contribution is 2.66. The summed E-state index contributed by atoms with van der Waals surface area (Å²) in [5.74, 6) is 5.40. The normalized spacial score (nSPS) is 55.3. The Hall–Kier alpha value is -1.01. The lowest BCUT2D eigenvalue weighted by Crippen LogP contribution is -2.55. The summed E-state index contributed by atoms with van der Waals surface area (Å²) < 4.78 is 0. The largest absolute Gasteiger partial charge is 0.411 e. The lowest BCUT2D eigenvalue weighted by Gasteiger charge is -2.61. The van der Waals surface area contributed by atoms with Gasteiger partial charge in [-0.15, -0.1) is 6.42 Å². The van der Waals surface area contributed by atoms with Crippen molar-refractivity contribution in [3.05, 3.63) is 0 Å². The molecule has 132 valence electrons. The van der Waals surface area contributed by atoms with Gasteiger partial charge in [0, 0.05) is 5.41 Å². The van der Waals surface area contributed by atoms with Crippen LogP contribution in [0.25, 0.3) is 0 Å². The van der Waals surface area contributed by atoms with E-state index in [1.54, 1.807) is 0 Å². The summed E-state index contributed by atoms with van der Waals surface area (Å²) in [6, 6.07) is 0. The minimum Gasteiger partial charge on any atom is -0.411 e. The molecule has 4 aliphatic carbocycles. The fourth-order valence-corrected chi connectivity index (χ4v) is 7.33. The maximum Gasteiger partial charge on any atom is 0.125 e. The molecule has 3 heteroatoms. The predicted molar refractivity (Wildman–Crippen MR) is 94.7 cm³/mol. The van der Waals surface area contributed by atoms with Gasteiger partial charge < -0.3 is 10.3 Å². The van der Waals surface area contributed by atoms with Crippen LogP contribution in [-0.2, 0) is 0 Å². The molecule has 3 nitrogen and oxygen atoms in total. The number of rotatable bonds is 0. The zero-order valence-electron chi connectivity index (χ0n) is 15.1. The van der Waals surface area contributed by atoms with Crippen LogP contribution in [0, 0.1) is 46.8 Å². The van der Waals surface area contributed by atoms with E-state index in [9.17, 15) is 10.3 Å². The molecule has 0 aromatic carbocycles. The Balaban J connectivity index is 1.62. The summed E-state index contributed by atoms with van der Waals surface area (Å²) in [5, 5.41) is 23.7. The Labute approximate surface area is 145 Å². The number of nitrogens with zero attached hydrogens (tertiary/aromatic N) is 1. The van der Waals surface area contributed by atoms with Crippen molar-refractivity contribution >= 4 is 5.71 Å². The minimum absolute atomic E-state index is 0.118. The van der Waals surface area contributed by atoms with Crippen molar-refractivity contribution in [1.29, 1.82) is 0 Å². The minimum atomic E-state index is -0.871. The van der Waals surface area contributed by atoms with E-state index in [1.807, 2.05) is 0 Å². The molecule has 0 radical (unpaired) electrons. The van der Waals surface area contributed by atoms with Crippen LogP contribution in [0.1, 0.15) is 71.6 Å². The van der Waals surface area contributed by atoms with Crippen LogP contribution in [0.15, 0.2) is 5.16 Å². The highest BCUT2D eigenvalue weighted by Gasteiger charge is 2.60. The van der Waals surface area contributed by atoms with Crippen LogP contribution >= 0.6 is 0 Å². The van der Waals surface area contributed by atoms with Crippen molar-refractivity contribution in [2.75, 3.05) is 0 Å². The molecule has 0 spiro atoms. The Morgan fingerprint density at radius 2 is 1.88 bits per heavy atom. The molecular formula is C21H31NO2. The molecule has 4 rings (SSSR count). The molecular weight excluding hydrogens is 298 g/mol. The highest BCUT2D eigenvalue weighted by atomic mass is 16.4. The first-order valence-corrected chi connectivity index (χ1v) is 9.78. The summed E-state index contributed by atoms with van der Waals surface area (Å²) in [6.45, 7) is 4.81. The van der Waals surface area contributed by atoms with Gasteiger partial charge in [-0.05, 0) is 86.9 Å². The monoisotopic (exact) mass is 329 g/mol. The molecule has 24 heavy (non-hydrogen) atoms. The molecule has 4 fully saturated rings. The molecule has 3 unspecified atom stereocenters. The van der Waals surface area contributed by atoms with Gasteiger partial charge >= 0.3 is 0 Å². The van der Waals surface area contributed by atoms with E-state index in [1.165, 1.54) is 25.7 Å². The maximum absolute atomic E-state index is 10.6. The molecule has 0 aromatic heterocycles. The second-order valence-corrected chi connectivity index (χ2v) is 9.58. The SMILES string of the molecule is C#C[C@]1(O)CC[C@]2(C)C3CC[C@]4(C)/C(=N\O)CCC4C3CC[C@H]2C1. The average molecular weight is 329 g/mol. The average Bonchev–Trinajstić information content (AvgIpc) is 2.92. The lowest BCUT2D eigenvalue weighted by atomic mass is 9.44. The quantitative estimate of drug-likeness (QED) is 0.397. The first-order chi connectivity index (χ1) is 11.4. The Morgan fingerprint density at radius 1 is 1.08 bits per heavy atom. The fraction of sp³-hybridized carbons (Fsp3) is 0.857. The number of hydrogen-bond donors (Lipinski definition) is 2. The molecule has 2 N–H and O–H groups in total. The highest BCUT2D eigenvalue weighted by molar-refractivity contribution is 5.91. The van der Waals surface area contributed by atoms with Gasteiger partial charge in [-0.3, -0.25) is 0 Å². The van der Waals surface area contributed by atoms with Crippen molar-refractivity contribution in [3.63, 3.8) is 0 Å². The summed E-state index contributed by atoms with van der Waals surface area (Å²) in [4.78, 5) is 0. The van der Waals surface area contributed by atoms with Gasteiger partial charge in [0.05, 0.1) is 5.71 Å². The first kappa shape index (κ1) is 16.5. The van der Waals surface area contributed by atoms with Crippen LogP contribution in [-0.4, -0.2) is 21.6 Å².